The van der Waals surface area contributed by atoms with Gasteiger partial charge in [-0.1, -0.05) is 25.5 Å². The molecule has 5 nitrogen and oxygen atoms in total. The van der Waals surface area contributed by atoms with E-state index in [1.165, 1.54) is 17.0 Å². The third-order valence-electron chi connectivity index (χ3n) is 5.13. The van der Waals surface area contributed by atoms with Gasteiger partial charge in [-0.25, -0.2) is 4.39 Å². The van der Waals surface area contributed by atoms with Gasteiger partial charge in [-0.3, -0.25) is 19.5 Å². The second-order valence-corrected chi connectivity index (χ2v) is 7.03. The van der Waals surface area contributed by atoms with Gasteiger partial charge in [0, 0.05) is 32.0 Å². The maximum atomic E-state index is 13.4. The second-order valence-electron chi connectivity index (χ2n) is 7.03. The van der Waals surface area contributed by atoms with E-state index in [0.29, 0.717) is 36.5 Å². The van der Waals surface area contributed by atoms with Crippen LogP contribution in [-0.4, -0.2) is 46.2 Å². The number of aromatic nitrogens is 1. The molecule has 0 bridgehead atoms. The molecule has 29 heavy (non-hydrogen) atoms. The van der Waals surface area contributed by atoms with Gasteiger partial charge in [-0.05, 0) is 55.2 Å². The monoisotopic (exact) mass is 395 g/mol. The quantitative estimate of drug-likeness (QED) is 0.608. The van der Waals surface area contributed by atoms with Crippen LogP contribution in [0.2, 0.25) is 0 Å². The average Bonchev–Trinajstić information content (AvgIpc) is 2.98. The molecule has 0 spiro atoms. The number of hydrogen-bond acceptors (Lipinski definition) is 4. The predicted molar refractivity (Wildman–Crippen MR) is 110 cm³/mol. The Morgan fingerprint density at radius 3 is 2.31 bits per heavy atom. The van der Waals surface area contributed by atoms with Crippen molar-refractivity contribution in [2.24, 2.45) is 0 Å². The number of halogens is 1. The lowest BCUT2D eigenvalue weighted by atomic mass is 10.0. The van der Waals surface area contributed by atoms with Gasteiger partial charge in [-0.15, -0.1) is 0 Å². The van der Waals surface area contributed by atoms with Gasteiger partial charge in [-0.2, -0.15) is 0 Å². The van der Waals surface area contributed by atoms with E-state index in [1.807, 2.05) is 30.9 Å². The predicted octanol–water partition coefficient (Wildman–Crippen LogP) is 3.67. The van der Waals surface area contributed by atoms with Gasteiger partial charge in [0.1, 0.15) is 11.5 Å². The number of rotatable bonds is 9. The first-order valence-corrected chi connectivity index (χ1v) is 10.1. The van der Waals surface area contributed by atoms with Crippen molar-refractivity contribution in [1.82, 2.24) is 14.8 Å². The molecule has 0 fully saturated rings. The van der Waals surface area contributed by atoms with Crippen LogP contribution in [-0.2, 0) is 16.0 Å². The topological polar surface area (TPSA) is 53.5 Å². The highest BCUT2D eigenvalue weighted by Gasteiger charge is 2.40. The Morgan fingerprint density at radius 2 is 1.69 bits per heavy atom. The summed E-state index contributed by atoms with van der Waals surface area (Å²) in [6.45, 7) is 5.57. The molecule has 0 unspecified atom stereocenters. The van der Waals surface area contributed by atoms with Gasteiger partial charge >= 0.3 is 0 Å². The number of carbonyl (C=O) groups excluding carboxylic acids is 2. The van der Waals surface area contributed by atoms with Gasteiger partial charge in [0.25, 0.3) is 11.8 Å². The summed E-state index contributed by atoms with van der Waals surface area (Å²) in [6, 6.07) is 9.65. The zero-order valence-corrected chi connectivity index (χ0v) is 16.9. The van der Waals surface area contributed by atoms with Crippen LogP contribution in [0.5, 0.6) is 0 Å². The third-order valence-corrected chi connectivity index (χ3v) is 5.13. The number of nitrogens with zero attached hydrogens (tertiary/aromatic N) is 3. The lowest BCUT2D eigenvalue weighted by molar-refractivity contribution is -0.137. The minimum atomic E-state index is -0.374. The minimum Gasteiger partial charge on any atom is -0.366 e. The molecule has 2 amide bonds. The molecule has 0 saturated carbocycles. The molecule has 2 heterocycles. The maximum Gasteiger partial charge on any atom is 0.277 e. The molecule has 0 saturated heterocycles. The maximum absolute atomic E-state index is 13.4. The fraction of sp³-hybridized carbons (Fsp3) is 0.348. The summed E-state index contributed by atoms with van der Waals surface area (Å²) < 4.78 is 13.4. The number of unbranched alkanes of at least 4 members (excludes halogenated alkanes) is 1. The van der Waals surface area contributed by atoms with E-state index < -0.39 is 0 Å². The van der Waals surface area contributed by atoms with E-state index in [0.717, 1.165) is 24.8 Å². The Kier molecular flexibility index (Phi) is 6.75. The number of amides is 2. The Balaban J connectivity index is 1.96. The second kappa shape index (κ2) is 9.45. The van der Waals surface area contributed by atoms with E-state index in [9.17, 15) is 14.0 Å². The molecular formula is C23H26FN3O2. The summed E-state index contributed by atoms with van der Waals surface area (Å²) in [4.78, 5) is 33.6. The van der Waals surface area contributed by atoms with Crippen molar-refractivity contribution in [2.75, 3.05) is 19.6 Å². The van der Waals surface area contributed by atoms with Gasteiger partial charge in [0.15, 0.2) is 0 Å². The van der Waals surface area contributed by atoms with Crippen LogP contribution in [0.15, 0.2) is 54.5 Å². The van der Waals surface area contributed by atoms with Gasteiger partial charge in [0.2, 0.25) is 0 Å². The largest absolute Gasteiger partial charge is 0.366 e. The first-order valence-electron chi connectivity index (χ1n) is 10.1. The standard InChI is InChI=1S/C23H26FN3O2/c1-3-5-15-27-22(28)20(18-6-8-19(24)9-7-18)21(23(27)29)26(4-2)16-12-17-10-13-25-14-11-17/h6-11,13-14H,3-5,12,15-16H2,1-2H3. The SMILES string of the molecule is CCCCN1C(=O)C(c2ccc(F)cc2)=C(N(CC)CCc2ccncc2)C1=O. The van der Waals surface area contributed by atoms with Crippen LogP contribution >= 0.6 is 0 Å². The number of imide groups is 1. The number of hydrogen-bond donors (Lipinski definition) is 0. The Bertz CT molecular complexity index is 894. The summed E-state index contributed by atoms with van der Waals surface area (Å²) in [5, 5.41) is 0. The summed E-state index contributed by atoms with van der Waals surface area (Å²) >= 11 is 0. The Labute approximate surface area is 170 Å². The molecule has 0 N–H and O–H groups in total. The van der Waals surface area contributed by atoms with Crippen molar-refractivity contribution < 1.29 is 14.0 Å². The fourth-order valence-corrected chi connectivity index (χ4v) is 3.49. The molecule has 0 aliphatic carbocycles. The smallest absolute Gasteiger partial charge is 0.277 e. The summed E-state index contributed by atoms with van der Waals surface area (Å²) in [5.74, 6) is -0.938. The van der Waals surface area contributed by atoms with Gasteiger partial charge in [0.05, 0.1) is 5.57 Å². The summed E-state index contributed by atoms with van der Waals surface area (Å²) in [7, 11) is 0. The first kappa shape index (κ1) is 20.7. The van der Waals surface area contributed by atoms with Crippen LogP contribution in [0.3, 0.4) is 0 Å². The zero-order chi connectivity index (χ0) is 20.8. The van der Waals surface area contributed by atoms with Crippen LogP contribution in [0.1, 0.15) is 37.8 Å². The molecule has 1 aromatic carbocycles. The van der Waals surface area contributed by atoms with Crippen molar-refractivity contribution in [1.29, 1.82) is 0 Å². The van der Waals surface area contributed by atoms with E-state index in [2.05, 4.69) is 4.98 Å². The third kappa shape index (κ3) is 4.53. The first-order chi connectivity index (χ1) is 14.1. The molecule has 0 atom stereocenters. The normalized spacial score (nSPS) is 14.1. The van der Waals surface area contributed by atoms with Crippen molar-refractivity contribution in [3.8, 4) is 0 Å². The Hall–Kier alpha value is -3.02. The van der Waals surface area contributed by atoms with Gasteiger partial charge < -0.3 is 4.90 Å². The van der Waals surface area contributed by atoms with E-state index in [4.69, 9.17) is 0 Å². The lowest BCUT2D eigenvalue weighted by Gasteiger charge is -2.25. The van der Waals surface area contributed by atoms with Crippen molar-refractivity contribution in [3.63, 3.8) is 0 Å². The Morgan fingerprint density at radius 1 is 1.00 bits per heavy atom. The fourth-order valence-electron chi connectivity index (χ4n) is 3.49. The molecule has 0 radical (unpaired) electrons. The molecule has 1 aliphatic rings. The molecule has 1 aromatic heterocycles. The number of likely N-dealkylation sites (N-methyl/N-ethyl adjacent to an activating group) is 1. The zero-order valence-electron chi connectivity index (χ0n) is 16.9. The summed E-state index contributed by atoms with van der Waals surface area (Å²) in [6.07, 6.45) is 5.85. The lowest BCUT2D eigenvalue weighted by Crippen LogP contribution is -2.36. The number of pyridine rings is 1. The number of benzene rings is 1. The molecule has 1 aliphatic heterocycles. The highest BCUT2D eigenvalue weighted by molar-refractivity contribution is 6.35. The average molecular weight is 395 g/mol. The summed E-state index contributed by atoms with van der Waals surface area (Å²) in [5.41, 5.74) is 2.46. The van der Waals surface area contributed by atoms with Crippen LogP contribution in [0.25, 0.3) is 5.57 Å². The van der Waals surface area contributed by atoms with Crippen LogP contribution in [0, 0.1) is 5.82 Å². The molecular weight excluding hydrogens is 369 g/mol. The van der Waals surface area contributed by atoms with Crippen LogP contribution in [0.4, 0.5) is 4.39 Å². The molecule has 2 aromatic rings. The number of carbonyl (C=O) groups is 2. The molecule has 152 valence electrons. The minimum absolute atomic E-state index is 0.264. The van der Waals surface area contributed by atoms with Crippen LogP contribution < -0.4 is 0 Å². The van der Waals surface area contributed by atoms with E-state index in [1.54, 1.807) is 24.5 Å². The van der Waals surface area contributed by atoms with Crippen molar-refractivity contribution >= 4 is 17.4 Å². The highest BCUT2D eigenvalue weighted by Crippen LogP contribution is 2.32. The van der Waals surface area contributed by atoms with Crippen molar-refractivity contribution in [3.05, 3.63) is 71.4 Å². The van der Waals surface area contributed by atoms with E-state index in [-0.39, 0.29) is 17.6 Å². The molecule has 3 rings (SSSR count). The highest BCUT2D eigenvalue weighted by atomic mass is 19.1. The van der Waals surface area contributed by atoms with Crippen molar-refractivity contribution in [2.45, 2.75) is 33.1 Å². The molecule has 6 heteroatoms. The van der Waals surface area contributed by atoms with E-state index >= 15 is 0 Å².